The number of hydrogen-bond donors (Lipinski definition) is 2. The average Bonchev–Trinajstić information content (AvgIpc) is 2.30. The van der Waals surface area contributed by atoms with Crippen LogP contribution in [0.15, 0.2) is 24.4 Å². The molecule has 1 aromatic rings. The predicted molar refractivity (Wildman–Crippen MR) is 68.3 cm³/mol. The molecule has 0 spiro atoms. The molecule has 0 aliphatic rings. The zero-order valence-electron chi connectivity index (χ0n) is 10.5. The molecule has 1 amide bonds. The molecule has 3 N–H and O–H groups in total. The Labute approximate surface area is 103 Å². The quantitative estimate of drug-likeness (QED) is 0.789. The summed E-state index contributed by atoms with van der Waals surface area (Å²) < 4.78 is 0. The van der Waals surface area contributed by atoms with E-state index in [4.69, 9.17) is 5.73 Å². The van der Waals surface area contributed by atoms with E-state index in [9.17, 15) is 4.79 Å². The number of carbonyl (C=O) groups excluding carboxylic acids is 1. The molecule has 0 saturated heterocycles. The molecule has 2 atom stereocenters. The average molecular weight is 235 g/mol. The van der Waals surface area contributed by atoms with Gasteiger partial charge in [0.2, 0.25) is 5.91 Å². The fourth-order valence-corrected chi connectivity index (χ4v) is 1.72. The summed E-state index contributed by atoms with van der Waals surface area (Å²) in [4.78, 5) is 15.9. The summed E-state index contributed by atoms with van der Waals surface area (Å²) in [5.41, 5.74) is 6.69. The van der Waals surface area contributed by atoms with Gasteiger partial charge in [-0.2, -0.15) is 0 Å². The Balaban J connectivity index is 2.41. The van der Waals surface area contributed by atoms with Crippen molar-refractivity contribution in [1.82, 2.24) is 10.3 Å². The molecular weight excluding hydrogens is 214 g/mol. The van der Waals surface area contributed by atoms with Crippen LogP contribution in [0.1, 0.15) is 44.8 Å². The van der Waals surface area contributed by atoms with Gasteiger partial charge in [0, 0.05) is 18.7 Å². The Morgan fingerprint density at radius 3 is 2.88 bits per heavy atom. The van der Waals surface area contributed by atoms with Gasteiger partial charge in [0.15, 0.2) is 0 Å². The first-order valence-corrected chi connectivity index (χ1v) is 6.09. The maximum Gasteiger partial charge on any atom is 0.222 e. The predicted octanol–water partition coefficient (Wildman–Crippen LogP) is 1.78. The Hall–Kier alpha value is -1.42. The minimum Gasteiger partial charge on any atom is -0.348 e. The summed E-state index contributed by atoms with van der Waals surface area (Å²) in [6, 6.07) is 5.55. The molecule has 17 heavy (non-hydrogen) atoms. The van der Waals surface area contributed by atoms with E-state index in [1.54, 1.807) is 6.20 Å². The van der Waals surface area contributed by atoms with E-state index in [0.717, 1.165) is 18.5 Å². The second kappa shape index (κ2) is 7.01. The van der Waals surface area contributed by atoms with E-state index >= 15 is 0 Å². The third kappa shape index (κ3) is 4.95. The summed E-state index contributed by atoms with van der Waals surface area (Å²) in [6.45, 7) is 3.99. The highest BCUT2D eigenvalue weighted by Gasteiger charge is 2.13. The fraction of sp³-hybridized carbons (Fsp3) is 0.538. The number of nitrogens with two attached hydrogens (primary N) is 1. The van der Waals surface area contributed by atoms with Crippen molar-refractivity contribution < 1.29 is 4.79 Å². The third-order valence-electron chi connectivity index (χ3n) is 2.62. The number of hydrogen-bond acceptors (Lipinski definition) is 3. The van der Waals surface area contributed by atoms with E-state index in [1.165, 1.54) is 0 Å². The zero-order chi connectivity index (χ0) is 12.7. The number of pyridine rings is 1. The van der Waals surface area contributed by atoms with Crippen molar-refractivity contribution >= 4 is 5.91 Å². The maximum atomic E-state index is 11.7. The molecule has 0 saturated carbocycles. The van der Waals surface area contributed by atoms with Crippen LogP contribution in [0.5, 0.6) is 0 Å². The summed E-state index contributed by atoms with van der Waals surface area (Å²) in [6.07, 6.45) is 3.99. The normalized spacial score (nSPS) is 14.1. The smallest absolute Gasteiger partial charge is 0.222 e. The van der Waals surface area contributed by atoms with Gasteiger partial charge in [-0.25, -0.2) is 0 Å². The first kappa shape index (κ1) is 13.6. The van der Waals surface area contributed by atoms with Crippen molar-refractivity contribution in [2.24, 2.45) is 5.73 Å². The molecule has 1 heterocycles. The van der Waals surface area contributed by atoms with Crippen LogP contribution in [0.4, 0.5) is 0 Å². The Morgan fingerprint density at radius 1 is 1.53 bits per heavy atom. The van der Waals surface area contributed by atoms with Gasteiger partial charge in [-0.05, 0) is 25.5 Å². The van der Waals surface area contributed by atoms with E-state index in [1.807, 2.05) is 25.1 Å². The van der Waals surface area contributed by atoms with Crippen LogP contribution in [0, 0.1) is 0 Å². The van der Waals surface area contributed by atoms with Crippen molar-refractivity contribution in [2.75, 3.05) is 0 Å². The van der Waals surface area contributed by atoms with Crippen LogP contribution in [0.25, 0.3) is 0 Å². The second-order valence-electron chi connectivity index (χ2n) is 4.30. The van der Waals surface area contributed by atoms with Gasteiger partial charge in [-0.1, -0.05) is 19.4 Å². The topological polar surface area (TPSA) is 68.0 Å². The lowest BCUT2D eigenvalue weighted by molar-refractivity contribution is -0.122. The molecule has 94 valence electrons. The number of nitrogens with one attached hydrogen (secondary N) is 1. The van der Waals surface area contributed by atoms with Gasteiger partial charge in [-0.15, -0.1) is 0 Å². The number of aromatic nitrogens is 1. The summed E-state index contributed by atoms with van der Waals surface area (Å²) in [5, 5.41) is 2.90. The summed E-state index contributed by atoms with van der Waals surface area (Å²) in [5.74, 6) is -0.0101. The molecular formula is C13H21N3O. The van der Waals surface area contributed by atoms with E-state index in [0.29, 0.717) is 6.42 Å². The SMILES string of the molecule is CCCC(N)CC(=O)NC(C)c1ccccn1. The number of carbonyl (C=O) groups is 1. The van der Waals surface area contributed by atoms with Crippen molar-refractivity contribution in [2.45, 2.75) is 45.2 Å². The molecule has 0 aliphatic carbocycles. The summed E-state index contributed by atoms with van der Waals surface area (Å²) in [7, 11) is 0. The maximum absolute atomic E-state index is 11.7. The third-order valence-corrected chi connectivity index (χ3v) is 2.62. The highest BCUT2D eigenvalue weighted by molar-refractivity contribution is 5.76. The monoisotopic (exact) mass is 235 g/mol. The lowest BCUT2D eigenvalue weighted by Gasteiger charge is -2.15. The number of rotatable bonds is 6. The van der Waals surface area contributed by atoms with E-state index < -0.39 is 0 Å². The molecule has 0 aliphatic heterocycles. The number of amides is 1. The highest BCUT2D eigenvalue weighted by atomic mass is 16.1. The number of nitrogens with zero attached hydrogens (tertiary/aromatic N) is 1. The van der Waals surface area contributed by atoms with Crippen LogP contribution in [0.3, 0.4) is 0 Å². The Bertz CT molecular complexity index is 340. The van der Waals surface area contributed by atoms with Crippen molar-refractivity contribution in [3.8, 4) is 0 Å². The van der Waals surface area contributed by atoms with Gasteiger partial charge in [0.05, 0.1) is 11.7 Å². The van der Waals surface area contributed by atoms with Crippen LogP contribution < -0.4 is 11.1 Å². The standard InChI is InChI=1S/C13H21N3O/c1-3-6-11(14)9-13(17)16-10(2)12-7-4-5-8-15-12/h4-5,7-8,10-11H,3,6,9,14H2,1-2H3,(H,16,17). The molecule has 0 bridgehead atoms. The van der Waals surface area contributed by atoms with Crippen LogP contribution in [0.2, 0.25) is 0 Å². The molecule has 4 nitrogen and oxygen atoms in total. The van der Waals surface area contributed by atoms with E-state index in [2.05, 4.69) is 17.2 Å². The van der Waals surface area contributed by atoms with Crippen molar-refractivity contribution in [1.29, 1.82) is 0 Å². The van der Waals surface area contributed by atoms with Crippen LogP contribution >= 0.6 is 0 Å². The minimum absolute atomic E-state index is 0.0101. The molecule has 0 aromatic carbocycles. The van der Waals surface area contributed by atoms with Crippen LogP contribution in [-0.4, -0.2) is 16.9 Å². The minimum atomic E-state index is -0.0717. The van der Waals surface area contributed by atoms with Crippen LogP contribution in [-0.2, 0) is 4.79 Å². The van der Waals surface area contributed by atoms with Gasteiger partial charge >= 0.3 is 0 Å². The largest absolute Gasteiger partial charge is 0.348 e. The zero-order valence-corrected chi connectivity index (χ0v) is 10.5. The first-order chi connectivity index (χ1) is 8.13. The van der Waals surface area contributed by atoms with Crippen molar-refractivity contribution in [3.63, 3.8) is 0 Å². The van der Waals surface area contributed by atoms with Crippen molar-refractivity contribution in [3.05, 3.63) is 30.1 Å². The van der Waals surface area contributed by atoms with Gasteiger partial charge in [-0.3, -0.25) is 9.78 Å². The van der Waals surface area contributed by atoms with Gasteiger partial charge in [0.25, 0.3) is 0 Å². The molecule has 0 radical (unpaired) electrons. The first-order valence-electron chi connectivity index (χ1n) is 6.09. The highest BCUT2D eigenvalue weighted by Crippen LogP contribution is 2.08. The Kier molecular flexibility index (Phi) is 5.63. The second-order valence-corrected chi connectivity index (χ2v) is 4.30. The molecule has 1 aromatic heterocycles. The lowest BCUT2D eigenvalue weighted by atomic mass is 10.1. The molecule has 4 heteroatoms. The molecule has 1 rings (SSSR count). The van der Waals surface area contributed by atoms with Gasteiger partial charge < -0.3 is 11.1 Å². The Morgan fingerprint density at radius 2 is 2.29 bits per heavy atom. The lowest BCUT2D eigenvalue weighted by Crippen LogP contribution is -2.33. The van der Waals surface area contributed by atoms with E-state index in [-0.39, 0.29) is 18.0 Å². The fourth-order valence-electron chi connectivity index (χ4n) is 1.72. The van der Waals surface area contributed by atoms with Gasteiger partial charge in [0.1, 0.15) is 0 Å². The summed E-state index contributed by atoms with van der Waals surface area (Å²) >= 11 is 0. The molecule has 2 unspecified atom stereocenters. The molecule has 0 fully saturated rings.